The summed E-state index contributed by atoms with van der Waals surface area (Å²) >= 11 is 1.46. The Morgan fingerprint density at radius 1 is 1.42 bits per heavy atom. The van der Waals surface area contributed by atoms with E-state index in [1.54, 1.807) is 11.0 Å². The van der Waals surface area contributed by atoms with E-state index in [0.29, 0.717) is 0 Å². The fourth-order valence-corrected chi connectivity index (χ4v) is 2.93. The van der Waals surface area contributed by atoms with Gasteiger partial charge in [-0.05, 0) is 18.6 Å². The first kappa shape index (κ1) is 14.1. The Labute approximate surface area is 117 Å². The van der Waals surface area contributed by atoms with Gasteiger partial charge in [-0.2, -0.15) is 5.10 Å². The van der Waals surface area contributed by atoms with Crippen molar-refractivity contribution in [2.45, 2.75) is 38.6 Å². The second-order valence-corrected chi connectivity index (χ2v) is 6.37. The highest BCUT2D eigenvalue weighted by Crippen LogP contribution is 2.31. The SMILES string of the molecule is CNC(Cc1ncnn1C)c1snnc1C(C)(C)C. The van der Waals surface area contributed by atoms with E-state index in [-0.39, 0.29) is 11.5 Å². The lowest BCUT2D eigenvalue weighted by Gasteiger charge is -2.21. The van der Waals surface area contributed by atoms with Crippen molar-refractivity contribution < 1.29 is 0 Å². The van der Waals surface area contributed by atoms with Crippen molar-refractivity contribution in [3.8, 4) is 0 Å². The lowest BCUT2D eigenvalue weighted by Crippen LogP contribution is -2.24. The number of aryl methyl sites for hydroxylation is 1. The molecule has 0 radical (unpaired) electrons. The van der Waals surface area contributed by atoms with Crippen LogP contribution in [0.15, 0.2) is 6.33 Å². The van der Waals surface area contributed by atoms with E-state index in [1.807, 2.05) is 14.1 Å². The smallest absolute Gasteiger partial charge is 0.138 e. The molecule has 1 N–H and O–H groups in total. The van der Waals surface area contributed by atoms with Gasteiger partial charge >= 0.3 is 0 Å². The molecular weight excluding hydrogens is 260 g/mol. The third-order valence-corrected chi connectivity index (χ3v) is 3.92. The van der Waals surface area contributed by atoms with Crippen molar-refractivity contribution in [3.05, 3.63) is 22.7 Å². The minimum Gasteiger partial charge on any atom is -0.312 e. The van der Waals surface area contributed by atoms with E-state index in [4.69, 9.17) is 0 Å². The second-order valence-electron chi connectivity index (χ2n) is 5.58. The lowest BCUT2D eigenvalue weighted by molar-refractivity contribution is 0.518. The molecule has 1 atom stereocenters. The Morgan fingerprint density at radius 2 is 2.16 bits per heavy atom. The van der Waals surface area contributed by atoms with E-state index in [9.17, 15) is 0 Å². The Hall–Kier alpha value is -1.34. The molecule has 0 saturated heterocycles. The fraction of sp³-hybridized carbons (Fsp3) is 0.667. The molecule has 0 spiro atoms. The molecule has 6 nitrogen and oxygen atoms in total. The molecule has 0 aromatic carbocycles. The van der Waals surface area contributed by atoms with Crippen molar-refractivity contribution in [1.29, 1.82) is 0 Å². The summed E-state index contributed by atoms with van der Waals surface area (Å²) in [6, 6.07) is 0.164. The third kappa shape index (κ3) is 2.98. The molecule has 2 rings (SSSR count). The highest BCUT2D eigenvalue weighted by Gasteiger charge is 2.27. The van der Waals surface area contributed by atoms with Gasteiger partial charge in [0, 0.05) is 18.9 Å². The first-order valence-corrected chi connectivity index (χ1v) is 7.03. The number of hydrogen-bond acceptors (Lipinski definition) is 6. The highest BCUT2D eigenvalue weighted by molar-refractivity contribution is 7.05. The normalized spacial score (nSPS) is 13.7. The minimum absolute atomic E-state index is 0.00266. The maximum atomic E-state index is 4.29. The lowest BCUT2D eigenvalue weighted by atomic mass is 9.89. The van der Waals surface area contributed by atoms with Gasteiger partial charge in [-0.1, -0.05) is 25.3 Å². The van der Waals surface area contributed by atoms with Crippen molar-refractivity contribution >= 4 is 11.5 Å². The first-order valence-electron chi connectivity index (χ1n) is 6.26. The summed E-state index contributed by atoms with van der Waals surface area (Å²) in [6.45, 7) is 6.47. The molecule has 104 valence electrons. The Morgan fingerprint density at radius 3 is 2.68 bits per heavy atom. The maximum absolute atomic E-state index is 4.29. The van der Waals surface area contributed by atoms with Crippen molar-refractivity contribution in [2.75, 3.05) is 7.05 Å². The summed E-state index contributed by atoms with van der Waals surface area (Å²) in [5.74, 6) is 0.951. The van der Waals surface area contributed by atoms with E-state index in [0.717, 1.165) is 17.9 Å². The maximum Gasteiger partial charge on any atom is 0.138 e. The summed E-state index contributed by atoms with van der Waals surface area (Å²) in [5.41, 5.74) is 1.05. The average molecular weight is 280 g/mol. The van der Waals surface area contributed by atoms with Crippen molar-refractivity contribution in [3.63, 3.8) is 0 Å². The zero-order valence-electron chi connectivity index (χ0n) is 12.0. The van der Waals surface area contributed by atoms with Gasteiger partial charge in [0.25, 0.3) is 0 Å². The van der Waals surface area contributed by atoms with Crippen LogP contribution in [0.4, 0.5) is 0 Å². The second kappa shape index (κ2) is 5.34. The third-order valence-electron chi connectivity index (χ3n) is 3.08. The molecule has 19 heavy (non-hydrogen) atoms. The van der Waals surface area contributed by atoms with Crippen LogP contribution < -0.4 is 5.32 Å². The predicted octanol–water partition coefficient (Wildman–Crippen LogP) is 1.47. The molecule has 2 heterocycles. The summed E-state index contributed by atoms with van der Waals surface area (Å²) < 4.78 is 5.92. The average Bonchev–Trinajstić information content (AvgIpc) is 2.94. The highest BCUT2D eigenvalue weighted by atomic mass is 32.1. The Kier molecular flexibility index (Phi) is 3.96. The molecule has 0 amide bonds. The van der Waals surface area contributed by atoms with Crippen LogP contribution in [0.2, 0.25) is 0 Å². The molecule has 2 aromatic rings. The van der Waals surface area contributed by atoms with Crippen LogP contribution in [0.1, 0.15) is 43.2 Å². The molecule has 2 aromatic heterocycles. The summed E-state index contributed by atoms with van der Waals surface area (Å²) in [6.07, 6.45) is 2.36. The number of aromatic nitrogens is 5. The van der Waals surface area contributed by atoms with Gasteiger partial charge < -0.3 is 5.32 Å². The van der Waals surface area contributed by atoms with Gasteiger partial charge in [-0.15, -0.1) is 5.10 Å². The fourth-order valence-electron chi connectivity index (χ4n) is 1.96. The number of rotatable bonds is 4. The van der Waals surface area contributed by atoms with Crippen LogP contribution in [0.25, 0.3) is 0 Å². The summed E-state index contributed by atoms with van der Waals surface area (Å²) in [5, 5.41) is 11.7. The molecule has 0 fully saturated rings. The van der Waals surface area contributed by atoms with E-state index < -0.39 is 0 Å². The predicted molar refractivity (Wildman–Crippen MR) is 75.1 cm³/mol. The van der Waals surface area contributed by atoms with Crippen LogP contribution in [0, 0.1) is 0 Å². The standard InChI is InChI=1S/C12H20N6S/c1-12(2,3)11-10(19-17-16-11)8(13-4)6-9-14-7-15-18(9)5/h7-8,13H,6H2,1-5H3. The number of likely N-dealkylation sites (N-methyl/N-ethyl adjacent to an activating group) is 1. The van der Waals surface area contributed by atoms with Crippen LogP contribution in [-0.2, 0) is 18.9 Å². The molecule has 0 aliphatic carbocycles. The summed E-state index contributed by atoms with van der Waals surface area (Å²) in [4.78, 5) is 5.46. The van der Waals surface area contributed by atoms with Crippen molar-refractivity contribution in [2.24, 2.45) is 7.05 Å². The number of hydrogen-bond donors (Lipinski definition) is 1. The molecule has 1 unspecified atom stereocenters. The van der Waals surface area contributed by atoms with Gasteiger partial charge in [-0.3, -0.25) is 4.68 Å². The van der Waals surface area contributed by atoms with Gasteiger partial charge in [0.15, 0.2) is 0 Å². The van der Waals surface area contributed by atoms with Gasteiger partial charge in [0.2, 0.25) is 0 Å². The van der Waals surface area contributed by atoms with E-state index in [2.05, 4.69) is 45.8 Å². The molecule has 0 saturated carbocycles. The number of nitrogens with one attached hydrogen (secondary N) is 1. The van der Waals surface area contributed by atoms with Gasteiger partial charge in [0.05, 0.1) is 16.6 Å². The Balaban J connectivity index is 2.28. The molecular formula is C12H20N6S. The largest absolute Gasteiger partial charge is 0.312 e. The van der Waals surface area contributed by atoms with E-state index >= 15 is 0 Å². The minimum atomic E-state index is -0.00266. The number of nitrogens with zero attached hydrogens (tertiary/aromatic N) is 5. The van der Waals surface area contributed by atoms with Gasteiger partial charge in [-0.25, -0.2) is 4.98 Å². The monoisotopic (exact) mass is 280 g/mol. The summed E-state index contributed by atoms with van der Waals surface area (Å²) in [7, 11) is 3.86. The van der Waals surface area contributed by atoms with Crippen molar-refractivity contribution in [1.82, 2.24) is 29.7 Å². The van der Waals surface area contributed by atoms with E-state index in [1.165, 1.54) is 16.4 Å². The zero-order chi connectivity index (χ0) is 14.0. The van der Waals surface area contributed by atoms with Crippen LogP contribution in [0.3, 0.4) is 0 Å². The molecule has 0 aliphatic rings. The van der Waals surface area contributed by atoms with Gasteiger partial charge in [0.1, 0.15) is 12.2 Å². The topological polar surface area (TPSA) is 68.5 Å². The van der Waals surface area contributed by atoms with Crippen LogP contribution >= 0.6 is 11.5 Å². The van der Waals surface area contributed by atoms with Crippen LogP contribution in [-0.4, -0.2) is 31.4 Å². The first-order chi connectivity index (χ1) is 8.93. The molecule has 0 aliphatic heterocycles. The molecule has 0 bridgehead atoms. The molecule has 7 heteroatoms. The Bertz CT molecular complexity index is 538. The zero-order valence-corrected chi connectivity index (χ0v) is 12.8. The van der Waals surface area contributed by atoms with Crippen LogP contribution in [0.5, 0.6) is 0 Å². The quantitative estimate of drug-likeness (QED) is 0.918.